The van der Waals surface area contributed by atoms with E-state index >= 15 is 0 Å². The lowest BCUT2D eigenvalue weighted by Gasteiger charge is -2.16. The minimum absolute atomic E-state index is 0.0304. The van der Waals surface area contributed by atoms with Crippen LogP contribution in [0, 0.1) is 12.8 Å². The first-order valence-electron chi connectivity index (χ1n) is 7.65. The molecule has 0 aliphatic carbocycles. The number of anilines is 1. The standard InChI is InChI=1S/C16H19N5O3/c1-10-17-16(20-19-10)18-15(23)12-7-14(22)21(9-12)8-11-3-5-13(24-2)6-4-11/h3-6,12H,7-9H2,1-2H3,(H2,17,18,19,20,23)/t12-/m0/s1. The van der Waals surface area contributed by atoms with Gasteiger partial charge in [0, 0.05) is 19.5 Å². The van der Waals surface area contributed by atoms with Crippen LogP contribution in [0.5, 0.6) is 5.75 Å². The molecular formula is C16H19N5O3. The molecule has 0 radical (unpaired) electrons. The smallest absolute Gasteiger partial charge is 0.248 e. The first kappa shape index (κ1) is 16.0. The summed E-state index contributed by atoms with van der Waals surface area (Å²) < 4.78 is 5.12. The quantitative estimate of drug-likeness (QED) is 0.856. The largest absolute Gasteiger partial charge is 0.497 e. The number of aromatic amines is 1. The number of H-pyrrole nitrogens is 1. The van der Waals surface area contributed by atoms with Crippen molar-refractivity contribution in [3.05, 3.63) is 35.7 Å². The number of aromatic nitrogens is 3. The molecule has 0 spiro atoms. The number of likely N-dealkylation sites (tertiary alicyclic amines) is 1. The van der Waals surface area contributed by atoms with Gasteiger partial charge in [0.2, 0.25) is 17.8 Å². The average Bonchev–Trinajstić information content (AvgIpc) is 3.14. The van der Waals surface area contributed by atoms with Crippen molar-refractivity contribution in [1.82, 2.24) is 20.1 Å². The maximum atomic E-state index is 12.3. The third-order valence-electron chi connectivity index (χ3n) is 3.95. The van der Waals surface area contributed by atoms with Gasteiger partial charge in [-0.1, -0.05) is 12.1 Å². The van der Waals surface area contributed by atoms with Crippen LogP contribution in [0.15, 0.2) is 24.3 Å². The van der Waals surface area contributed by atoms with E-state index in [1.165, 1.54) is 0 Å². The van der Waals surface area contributed by atoms with Gasteiger partial charge in [0.05, 0.1) is 13.0 Å². The predicted octanol–water partition coefficient (Wildman–Crippen LogP) is 1.11. The van der Waals surface area contributed by atoms with Crippen LogP contribution in [0.4, 0.5) is 5.95 Å². The molecule has 2 N–H and O–H groups in total. The van der Waals surface area contributed by atoms with Gasteiger partial charge >= 0.3 is 0 Å². The van der Waals surface area contributed by atoms with Crippen LogP contribution >= 0.6 is 0 Å². The lowest BCUT2D eigenvalue weighted by molar-refractivity contribution is -0.128. The molecule has 8 nitrogen and oxygen atoms in total. The minimum Gasteiger partial charge on any atom is -0.497 e. The Hall–Kier alpha value is -2.90. The second-order valence-electron chi connectivity index (χ2n) is 5.76. The molecule has 1 saturated heterocycles. The van der Waals surface area contributed by atoms with Crippen LogP contribution in [-0.2, 0) is 16.1 Å². The molecule has 24 heavy (non-hydrogen) atoms. The van der Waals surface area contributed by atoms with Crippen molar-refractivity contribution in [2.24, 2.45) is 5.92 Å². The topological polar surface area (TPSA) is 100 Å². The van der Waals surface area contributed by atoms with Gasteiger partial charge in [-0.25, -0.2) is 0 Å². The molecule has 1 aliphatic heterocycles. The zero-order valence-electron chi connectivity index (χ0n) is 13.6. The maximum absolute atomic E-state index is 12.3. The van der Waals surface area contributed by atoms with Crippen molar-refractivity contribution < 1.29 is 14.3 Å². The Kier molecular flexibility index (Phi) is 4.45. The van der Waals surface area contributed by atoms with Gasteiger partial charge in [-0.15, -0.1) is 5.10 Å². The summed E-state index contributed by atoms with van der Waals surface area (Å²) in [5, 5.41) is 9.17. The molecule has 2 heterocycles. The maximum Gasteiger partial charge on any atom is 0.248 e. The fraction of sp³-hybridized carbons (Fsp3) is 0.375. The Bertz CT molecular complexity index is 740. The first-order valence-corrected chi connectivity index (χ1v) is 7.65. The lowest BCUT2D eigenvalue weighted by atomic mass is 10.1. The van der Waals surface area contributed by atoms with Crippen LogP contribution < -0.4 is 10.1 Å². The zero-order valence-corrected chi connectivity index (χ0v) is 13.6. The highest BCUT2D eigenvalue weighted by Crippen LogP contribution is 2.22. The van der Waals surface area contributed by atoms with Crippen molar-refractivity contribution in [2.45, 2.75) is 19.9 Å². The summed E-state index contributed by atoms with van der Waals surface area (Å²) in [5.74, 6) is 0.962. The summed E-state index contributed by atoms with van der Waals surface area (Å²) in [6, 6.07) is 7.53. The first-order chi connectivity index (χ1) is 11.5. The highest BCUT2D eigenvalue weighted by Gasteiger charge is 2.34. The fourth-order valence-corrected chi connectivity index (χ4v) is 2.66. The minimum atomic E-state index is -0.394. The van der Waals surface area contributed by atoms with E-state index in [0.29, 0.717) is 18.9 Å². The number of hydrogen-bond acceptors (Lipinski definition) is 5. The summed E-state index contributed by atoms with van der Waals surface area (Å²) in [4.78, 5) is 30.1. The molecule has 1 aromatic carbocycles. The van der Waals surface area contributed by atoms with Crippen LogP contribution in [0.2, 0.25) is 0 Å². The molecule has 0 saturated carbocycles. The third-order valence-corrected chi connectivity index (χ3v) is 3.95. The molecule has 8 heteroatoms. The summed E-state index contributed by atoms with van der Waals surface area (Å²) >= 11 is 0. The Morgan fingerprint density at radius 3 is 2.79 bits per heavy atom. The summed E-state index contributed by atoms with van der Waals surface area (Å²) in [6.07, 6.45) is 0.200. The molecule has 126 valence electrons. The van der Waals surface area contributed by atoms with Crippen LogP contribution in [0.25, 0.3) is 0 Å². The van der Waals surface area contributed by atoms with Gasteiger partial charge in [0.25, 0.3) is 0 Å². The summed E-state index contributed by atoms with van der Waals surface area (Å²) in [6.45, 7) is 2.62. The fourth-order valence-electron chi connectivity index (χ4n) is 2.66. The molecule has 1 fully saturated rings. The van der Waals surface area contributed by atoms with Crippen molar-refractivity contribution in [1.29, 1.82) is 0 Å². The second kappa shape index (κ2) is 6.69. The highest BCUT2D eigenvalue weighted by molar-refractivity contribution is 5.96. The van der Waals surface area contributed by atoms with Crippen molar-refractivity contribution >= 4 is 17.8 Å². The number of aryl methyl sites for hydroxylation is 1. The Balaban J connectivity index is 1.59. The van der Waals surface area contributed by atoms with E-state index < -0.39 is 5.92 Å². The number of carbonyl (C=O) groups excluding carboxylic acids is 2. The number of rotatable bonds is 5. The van der Waals surface area contributed by atoms with Gasteiger partial charge in [0.1, 0.15) is 11.6 Å². The number of benzene rings is 1. The SMILES string of the molecule is COc1ccc(CN2C[C@@H](C(=O)Nc3n[nH]c(C)n3)CC2=O)cc1. The predicted molar refractivity (Wildman–Crippen MR) is 86.3 cm³/mol. The summed E-state index contributed by atoms with van der Waals surface area (Å²) in [7, 11) is 1.61. The van der Waals surface area contributed by atoms with Gasteiger partial charge in [-0.2, -0.15) is 4.98 Å². The number of hydrogen-bond donors (Lipinski definition) is 2. The van der Waals surface area contributed by atoms with E-state index in [9.17, 15) is 9.59 Å². The van der Waals surface area contributed by atoms with Crippen molar-refractivity contribution in [3.63, 3.8) is 0 Å². The molecule has 1 aliphatic rings. The van der Waals surface area contributed by atoms with Gasteiger partial charge in [-0.3, -0.25) is 20.0 Å². The zero-order chi connectivity index (χ0) is 17.1. The van der Waals surface area contributed by atoms with E-state index in [2.05, 4.69) is 20.5 Å². The van der Waals surface area contributed by atoms with Crippen LogP contribution in [-0.4, -0.2) is 45.6 Å². The van der Waals surface area contributed by atoms with Crippen LogP contribution in [0.1, 0.15) is 17.8 Å². The number of ether oxygens (including phenoxy) is 1. The molecule has 1 aromatic heterocycles. The van der Waals surface area contributed by atoms with Gasteiger partial charge in [0.15, 0.2) is 0 Å². The molecule has 2 amide bonds. The Morgan fingerprint density at radius 2 is 2.17 bits per heavy atom. The number of nitrogens with one attached hydrogen (secondary N) is 2. The lowest BCUT2D eigenvalue weighted by Crippen LogP contribution is -2.28. The van der Waals surface area contributed by atoms with Crippen molar-refractivity contribution in [2.75, 3.05) is 19.0 Å². The van der Waals surface area contributed by atoms with E-state index in [0.717, 1.165) is 11.3 Å². The number of carbonyl (C=O) groups is 2. The summed E-state index contributed by atoms with van der Waals surface area (Å²) in [5.41, 5.74) is 0.995. The molecule has 0 bridgehead atoms. The van der Waals surface area contributed by atoms with Gasteiger partial charge < -0.3 is 9.64 Å². The number of methoxy groups -OCH3 is 1. The molecule has 3 rings (SSSR count). The van der Waals surface area contributed by atoms with E-state index in [1.54, 1.807) is 18.9 Å². The van der Waals surface area contributed by atoms with Gasteiger partial charge in [-0.05, 0) is 24.6 Å². The molecular weight excluding hydrogens is 310 g/mol. The molecule has 2 aromatic rings. The monoisotopic (exact) mass is 329 g/mol. The van der Waals surface area contributed by atoms with Crippen LogP contribution in [0.3, 0.4) is 0 Å². The normalized spacial score (nSPS) is 17.2. The van der Waals surface area contributed by atoms with Crippen molar-refractivity contribution in [3.8, 4) is 5.75 Å². The van der Waals surface area contributed by atoms with E-state index in [4.69, 9.17) is 4.74 Å². The Labute approximate surface area is 139 Å². The molecule has 0 unspecified atom stereocenters. The number of nitrogens with zero attached hydrogens (tertiary/aromatic N) is 3. The second-order valence-corrected chi connectivity index (χ2v) is 5.76. The number of amides is 2. The van der Waals surface area contributed by atoms with E-state index in [1.807, 2.05) is 24.3 Å². The highest BCUT2D eigenvalue weighted by atomic mass is 16.5. The van der Waals surface area contributed by atoms with E-state index in [-0.39, 0.29) is 24.2 Å². The molecule has 1 atom stereocenters. The average molecular weight is 329 g/mol. The third kappa shape index (κ3) is 3.53. The Morgan fingerprint density at radius 1 is 1.42 bits per heavy atom.